The van der Waals surface area contributed by atoms with Gasteiger partial charge in [-0.1, -0.05) is 15.9 Å². The number of halogens is 3. The largest absolute Gasteiger partial charge is 0.322 e. The lowest BCUT2D eigenvalue weighted by Gasteiger charge is -2.06. The number of anilines is 1. The highest BCUT2D eigenvalue weighted by Crippen LogP contribution is 2.18. The maximum Gasteiger partial charge on any atom is 0.255 e. The van der Waals surface area contributed by atoms with Crippen LogP contribution in [0.3, 0.4) is 0 Å². The SMILES string of the molecule is N#Cc1cc(NC(=O)c2cc(F)cc(Br)c2)ccc1F. The van der Waals surface area contributed by atoms with Crippen LogP contribution in [0.25, 0.3) is 0 Å². The van der Waals surface area contributed by atoms with Gasteiger partial charge in [0.2, 0.25) is 0 Å². The molecule has 1 amide bonds. The fourth-order valence-corrected chi connectivity index (χ4v) is 2.04. The number of rotatable bonds is 2. The second-order valence-corrected chi connectivity index (χ2v) is 4.83. The van der Waals surface area contributed by atoms with Gasteiger partial charge in [0.1, 0.15) is 17.7 Å². The number of carbonyl (C=O) groups excluding carboxylic acids is 1. The number of benzene rings is 2. The Morgan fingerprint density at radius 2 is 1.95 bits per heavy atom. The van der Waals surface area contributed by atoms with Gasteiger partial charge >= 0.3 is 0 Å². The highest BCUT2D eigenvalue weighted by atomic mass is 79.9. The van der Waals surface area contributed by atoms with E-state index in [2.05, 4.69) is 21.2 Å². The van der Waals surface area contributed by atoms with Crippen molar-refractivity contribution in [2.45, 2.75) is 0 Å². The van der Waals surface area contributed by atoms with Crippen molar-refractivity contribution >= 4 is 27.5 Å². The number of amides is 1. The minimum atomic E-state index is -0.668. The lowest BCUT2D eigenvalue weighted by atomic mass is 10.1. The summed E-state index contributed by atoms with van der Waals surface area (Å²) in [5.74, 6) is -1.78. The molecule has 0 heterocycles. The summed E-state index contributed by atoms with van der Waals surface area (Å²) in [4.78, 5) is 11.9. The maximum atomic E-state index is 13.2. The zero-order chi connectivity index (χ0) is 14.7. The number of carbonyl (C=O) groups is 1. The summed E-state index contributed by atoms with van der Waals surface area (Å²) in [5.41, 5.74) is 0.191. The van der Waals surface area contributed by atoms with Crippen molar-refractivity contribution in [3.05, 3.63) is 63.6 Å². The van der Waals surface area contributed by atoms with E-state index in [-0.39, 0.29) is 16.8 Å². The predicted molar refractivity (Wildman–Crippen MR) is 73.2 cm³/mol. The first-order valence-corrected chi connectivity index (χ1v) is 6.26. The van der Waals surface area contributed by atoms with Gasteiger partial charge in [-0.3, -0.25) is 4.79 Å². The van der Waals surface area contributed by atoms with Crippen molar-refractivity contribution < 1.29 is 13.6 Å². The van der Waals surface area contributed by atoms with Crippen LogP contribution in [0, 0.1) is 23.0 Å². The summed E-state index contributed by atoms with van der Waals surface area (Å²) in [6.07, 6.45) is 0. The standard InChI is InChI=1S/C14H7BrF2N2O/c15-10-3-8(4-11(16)6-10)14(20)19-12-1-2-13(17)9(5-12)7-18/h1-6H,(H,19,20). The van der Waals surface area contributed by atoms with Crippen molar-refractivity contribution in [3.8, 4) is 6.07 Å². The third kappa shape index (κ3) is 3.19. The maximum absolute atomic E-state index is 13.2. The molecule has 0 aliphatic heterocycles. The van der Waals surface area contributed by atoms with Gasteiger partial charge in [0.15, 0.2) is 0 Å². The molecule has 1 N–H and O–H groups in total. The number of hydrogen-bond donors (Lipinski definition) is 1. The van der Waals surface area contributed by atoms with Crippen LogP contribution in [-0.2, 0) is 0 Å². The molecule has 0 saturated carbocycles. The lowest BCUT2D eigenvalue weighted by molar-refractivity contribution is 0.102. The van der Waals surface area contributed by atoms with Gasteiger partial charge in [0, 0.05) is 15.7 Å². The molecule has 0 aromatic heterocycles. The van der Waals surface area contributed by atoms with Gasteiger partial charge in [0.05, 0.1) is 5.56 Å². The molecule has 0 spiro atoms. The Labute approximate surface area is 122 Å². The van der Waals surface area contributed by atoms with Crippen molar-refractivity contribution in [1.82, 2.24) is 0 Å². The van der Waals surface area contributed by atoms with Gasteiger partial charge in [-0.05, 0) is 36.4 Å². The van der Waals surface area contributed by atoms with Crippen LogP contribution >= 0.6 is 15.9 Å². The monoisotopic (exact) mass is 336 g/mol. The molecule has 0 aliphatic rings. The van der Waals surface area contributed by atoms with E-state index >= 15 is 0 Å². The average Bonchev–Trinajstić information content (AvgIpc) is 2.39. The van der Waals surface area contributed by atoms with E-state index in [4.69, 9.17) is 5.26 Å². The topological polar surface area (TPSA) is 52.9 Å². The Kier molecular flexibility index (Phi) is 4.11. The second-order valence-electron chi connectivity index (χ2n) is 3.92. The fraction of sp³-hybridized carbons (Fsp3) is 0. The van der Waals surface area contributed by atoms with Crippen LogP contribution < -0.4 is 5.32 Å². The summed E-state index contributed by atoms with van der Waals surface area (Å²) in [5, 5.41) is 11.2. The van der Waals surface area contributed by atoms with Crippen LogP contribution in [0.1, 0.15) is 15.9 Å². The Morgan fingerprint density at radius 3 is 2.60 bits per heavy atom. The number of nitriles is 1. The number of nitrogens with zero attached hydrogens (tertiary/aromatic N) is 1. The molecule has 0 aliphatic carbocycles. The number of hydrogen-bond acceptors (Lipinski definition) is 2. The van der Waals surface area contributed by atoms with E-state index in [1.54, 1.807) is 6.07 Å². The normalized spacial score (nSPS) is 9.90. The van der Waals surface area contributed by atoms with Crippen molar-refractivity contribution in [2.75, 3.05) is 5.32 Å². The summed E-state index contributed by atoms with van der Waals surface area (Å²) in [7, 11) is 0. The zero-order valence-electron chi connectivity index (χ0n) is 9.95. The molecule has 2 aromatic rings. The van der Waals surface area contributed by atoms with Gasteiger partial charge in [-0.2, -0.15) is 5.26 Å². The van der Waals surface area contributed by atoms with E-state index < -0.39 is 17.5 Å². The molecule has 0 unspecified atom stereocenters. The van der Waals surface area contributed by atoms with E-state index in [9.17, 15) is 13.6 Å². The predicted octanol–water partition coefficient (Wildman–Crippen LogP) is 3.85. The quantitative estimate of drug-likeness (QED) is 0.905. The first-order chi connectivity index (χ1) is 9.49. The second kappa shape index (κ2) is 5.80. The Hall–Kier alpha value is -2.26. The molecule has 0 atom stereocenters. The molecule has 0 bridgehead atoms. The molecule has 2 aromatic carbocycles. The third-order valence-corrected chi connectivity index (χ3v) is 2.93. The van der Waals surface area contributed by atoms with E-state index in [1.807, 2.05) is 0 Å². The van der Waals surface area contributed by atoms with Gasteiger partial charge < -0.3 is 5.32 Å². The Balaban J connectivity index is 2.26. The Bertz CT molecular complexity index is 705. The summed E-state index contributed by atoms with van der Waals surface area (Å²) in [6.45, 7) is 0. The highest BCUT2D eigenvalue weighted by Gasteiger charge is 2.10. The first-order valence-electron chi connectivity index (χ1n) is 5.46. The minimum Gasteiger partial charge on any atom is -0.322 e. The number of nitrogens with one attached hydrogen (secondary N) is 1. The molecule has 3 nitrogen and oxygen atoms in total. The molecule has 0 radical (unpaired) electrons. The van der Waals surface area contributed by atoms with E-state index in [0.717, 1.165) is 12.1 Å². The molecule has 0 saturated heterocycles. The third-order valence-electron chi connectivity index (χ3n) is 2.47. The molecular weight excluding hydrogens is 330 g/mol. The lowest BCUT2D eigenvalue weighted by Crippen LogP contribution is -2.12. The first kappa shape index (κ1) is 14.2. The highest BCUT2D eigenvalue weighted by molar-refractivity contribution is 9.10. The summed E-state index contributed by atoms with van der Waals surface area (Å²) >= 11 is 3.09. The zero-order valence-corrected chi connectivity index (χ0v) is 11.5. The van der Waals surface area contributed by atoms with Crippen molar-refractivity contribution in [3.63, 3.8) is 0 Å². The smallest absolute Gasteiger partial charge is 0.255 e. The fourth-order valence-electron chi connectivity index (χ4n) is 1.58. The molecule has 0 fully saturated rings. The molecular formula is C14H7BrF2N2O. The summed E-state index contributed by atoms with van der Waals surface area (Å²) in [6, 6.07) is 9.04. The van der Waals surface area contributed by atoms with Crippen molar-refractivity contribution in [2.24, 2.45) is 0 Å². The van der Waals surface area contributed by atoms with E-state index in [0.29, 0.717) is 4.47 Å². The molecule has 20 heavy (non-hydrogen) atoms. The average molecular weight is 337 g/mol. The molecule has 100 valence electrons. The summed E-state index contributed by atoms with van der Waals surface area (Å²) < 4.78 is 26.8. The van der Waals surface area contributed by atoms with Crippen LogP contribution in [0.5, 0.6) is 0 Å². The van der Waals surface area contributed by atoms with Gasteiger partial charge in [-0.15, -0.1) is 0 Å². The van der Waals surface area contributed by atoms with Gasteiger partial charge in [-0.25, -0.2) is 8.78 Å². The van der Waals surface area contributed by atoms with Crippen LogP contribution in [0.4, 0.5) is 14.5 Å². The van der Waals surface area contributed by atoms with Crippen LogP contribution in [-0.4, -0.2) is 5.91 Å². The van der Waals surface area contributed by atoms with E-state index in [1.165, 1.54) is 24.3 Å². The minimum absolute atomic E-state index is 0.111. The van der Waals surface area contributed by atoms with Crippen molar-refractivity contribution in [1.29, 1.82) is 5.26 Å². The van der Waals surface area contributed by atoms with Crippen LogP contribution in [0.2, 0.25) is 0 Å². The molecule has 2 rings (SSSR count). The van der Waals surface area contributed by atoms with Gasteiger partial charge in [0.25, 0.3) is 5.91 Å². The molecule has 6 heteroatoms. The Morgan fingerprint density at radius 1 is 1.20 bits per heavy atom. The van der Waals surface area contributed by atoms with Crippen LogP contribution in [0.15, 0.2) is 40.9 Å².